The van der Waals surface area contributed by atoms with Crippen LogP contribution in [0.15, 0.2) is 12.1 Å². The summed E-state index contributed by atoms with van der Waals surface area (Å²) in [7, 11) is 4.97. The number of carbonyl (C=O) groups is 1. The van der Waals surface area contributed by atoms with Crippen LogP contribution in [0.3, 0.4) is 0 Å². The largest absolute Gasteiger partial charge is 0.496 e. The number of ketones is 1. The Hall–Kier alpha value is -1.46. The lowest BCUT2D eigenvalue weighted by Gasteiger charge is -2.23. The Balaban J connectivity index is 0.00000722. The monoisotopic (exact) mass is 553 g/mol. The molecule has 0 bridgehead atoms. The van der Waals surface area contributed by atoms with Crippen molar-refractivity contribution in [2.24, 2.45) is 0 Å². The molecule has 1 unspecified atom stereocenters. The molecule has 0 spiro atoms. The summed E-state index contributed by atoms with van der Waals surface area (Å²) < 4.78 is 16.9. The first kappa shape index (κ1) is 34.6. The summed E-state index contributed by atoms with van der Waals surface area (Å²) in [5, 5.41) is 0. The number of halogens is 1. The normalized spacial score (nSPS) is 14.2. The van der Waals surface area contributed by atoms with Gasteiger partial charge in [0.25, 0.3) is 0 Å². The topological polar surface area (TPSA) is 48.0 Å². The SMILES string of the molecule is CCCCCCCCCCCCCCC(C(=O)CCCN1CCCC1)c1c(OC)cc(OC)cc1OC.Cl. The number of hydrogen-bond donors (Lipinski definition) is 0. The standard InChI is InChI=1S/C32H55NO4.ClH/c1-5-6-7-8-9-10-11-12-13-14-15-16-20-28(29(34)21-19-24-33-22-17-18-23-33)32-30(36-3)25-27(35-2)26-31(32)37-4;/h25-26,28H,5-24H2,1-4H3;1H. The Kier molecular flexibility index (Phi) is 19.4. The summed E-state index contributed by atoms with van der Waals surface area (Å²) in [6, 6.07) is 3.76. The van der Waals surface area contributed by atoms with E-state index in [1.807, 2.05) is 12.1 Å². The molecular weight excluding hydrogens is 498 g/mol. The van der Waals surface area contributed by atoms with Gasteiger partial charge in [-0.25, -0.2) is 0 Å². The molecule has 1 saturated heterocycles. The lowest BCUT2D eigenvalue weighted by atomic mass is 9.86. The minimum atomic E-state index is -0.197. The lowest BCUT2D eigenvalue weighted by molar-refractivity contribution is -0.120. The molecule has 1 heterocycles. The molecule has 1 fully saturated rings. The van der Waals surface area contributed by atoms with Gasteiger partial charge in [-0.05, 0) is 45.3 Å². The molecular formula is C32H56ClNO4. The maximum absolute atomic E-state index is 13.6. The Bertz CT molecular complexity index is 726. The number of nitrogens with zero attached hydrogens (tertiary/aromatic N) is 1. The third-order valence-electron chi connectivity index (χ3n) is 7.93. The fourth-order valence-corrected chi connectivity index (χ4v) is 5.69. The van der Waals surface area contributed by atoms with Crippen molar-refractivity contribution in [1.29, 1.82) is 0 Å². The smallest absolute Gasteiger partial charge is 0.140 e. The predicted molar refractivity (Wildman–Crippen MR) is 162 cm³/mol. The first-order valence-corrected chi connectivity index (χ1v) is 15.2. The molecule has 1 aromatic rings. The number of ether oxygens (including phenoxy) is 3. The van der Waals surface area contributed by atoms with Crippen molar-refractivity contribution in [2.45, 2.75) is 122 Å². The van der Waals surface area contributed by atoms with Crippen molar-refractivity contribution in [1.82, 2.24) is 4.90 Å². The molecule has 0 aliphatic carbocycles. The highest BCUT2D eigenvalue weighted by Gasteiger charge is 2.28. The number of likely N-dealkylation sites (tertiary alicyclic amines) is 1. The van der Waals surface area contributed by atoms with Crippen molar-refractivity contribution in [3.05, 3.63) is 17.7 Å². The summed E-state index contributed by atoms with van der Waals surface area (Å²) in [5.41, 5.74) is 0.889. The minimum Gasteiger partial charge on any atom is -0.496 e. The average molecular weight is 554 g/mol. The first-order valence-electron chi connectivity index (χ1n) is 15.2. The summed E-state index contributed by atoms with van der Waals surface area (Å²) in [6.45, 7) is 5.65. The van der Waals surface area contributed by atoms with Crippen LogP contribution < -0.4 is 14.2 Å². The third kappa shape index (κ3) is 12.6. The molecule has 1 aromatic carbocycles. The molecule has 2 rings (SSSR count). The van der Waals surface area contributed by atoms with Crippen LogP contribution in [0.2, 0.25) is 0 Å². The van der Waals surface area contributed by atoms with E-state index in [9.17, 15) is 4.79 Å². The highest BCUT2D eigenvalue weighted by atomic mass is 35.5. The van der Waals surface area contributed by atoms with E-state index < -0.39 is 0 Å². The van der Waals surface area contributed by atoms with Crippen LogP contribution in [0.4, 0.5) is 0 Å². The Morgan fingerprint density at radius 3 is 1.74 bits per heavy atom. The minimum absolute atomic E-state index is 0. The highest BCUT2D eigenvalue weighted by Crippen LogP contribution is 2.42. The number of unbranched alkanes of at least 4 members (excludes halogenated alkanes) is 11. The maximum atomic E-state index is 13.6. The van der Waals surface area contributed by atoms with Crippen LogP contribution in [-0.2, 0) is 4.79 Å². The molecule has 6 heteroatoms. The summed E-state index contributed by atoms with van der Waals surface area (Å²) in [5.74, 6) is 2.17. The molecule has 220 valence electrons. The van der Waals surface area contributed by atoms with Gasteiger partial charge in [0.2, 0.25) is 0 Å². The molecule has 0 radical (unpaired) electrons. The molecule has 1 aliphatic heterocycles. The number of hydrogen-bond acceptors (Lipinski definition) is 5. The van der Waals surface area contributed by atoms with Gasteiger partial charge in [0, 0.05) is 24.1 Å². The molecule has 5 nitrogen and oxygen atoms in total. The van der Waals surface area contributed by atoms with E-state index in [-0.39, 0.29) is 18.3 Å². The van der Waals surface area contributed by atoms with E-state index in [0.29, 0.717) is 29.5 Å². The zero-order valence-corrected chi connectivity index (χ0v) is 25.7. The second kappa shape index (κ2) is 21.4. The molecule has 1 atom stereocenters. The fraction of sp³-hybridized carbons (Fsp3) is 0.781. The van der Waals surface area contributed by atoms with Gasteiger partial charge in [-0.3, -0.25) is 4.79 Å². The number of rotatable bonds is 22. The quantitative estimate of drug-likeness (QED) is 0.134. The van der Waals surface area contributed by atoms with E-state index in [1.165, 1.54) is 96.6 Å². The second-order valence-electron chi connectivity index (χ2n) is 10.8. The third-order valence-corrected chi connectivity index (χ3v) is 7.93. The van der Waals surface area contributed by atoms with Gasteiger partial charge in [-0.2, -0.15) is 0 Å². The van der Waals surface area contributed by atoms with Crippen LogP contribution in [0.5, 0.6) is 17.2 Å². The Labute approximate surface area is 239 Å². The maximum Gasteiger partial charge on any atom is 0.140 e. The first-order chi connectivity index (χ1) is 18.1. The number of benzene rings is 1. The predicted octanol–water partition coefficient (Wildman–Crippen LogP) is 8.75. The number of methoxy groups -OCH3 is 3. The van der Waals surface area contributed by atoms with Crippen molar-refractivity contribution in [3.63, 3.8) is 0 Å². The average Bonchev–Trinajstić information content (AvgIpc) is 3.44. The Morgan fingerprint density at radius 2 is 1.26 bits per heavy atom. The summed E-state index contributed by atoms with van der Waals surface area (Å²) >= 11 is 0. The van der Waals surface area contributed by atoms with Crippen LogP contribution in [-0.4, -0.2) is 51.6 Å². The van der Waals surface area contributed by atoms with Crippen LogP contribution in [0.25, 0.3) is 0 Å². The lowest BCUT2D eigenvalue weighted by Crippen LogP contribution is -2.22. The Morgan fingerprint density at radius 1 is 0.763 bits per heavy atom. The van der Waals surface area contributed by atoms with Gasteiger partial charge in [0.05, 0.1) is 27.2 Å². The molecule has 38 heavy (non-hydrogen) atoms. The van der Waals surface area contributed by atoms with Gasteiger partial charge in [-0.1, -0.05) is 84.0 Å². The van der Waals surface area contributed by atoms with Gasteiger partial charge in [0.1, 0.15) is 23.0 Å². The van der Waals surface area contributed by atoms with E-state index >= 15 is 0 Å². The van der Waals surface area contributed by atoms with Crippen LogP contribution in [0, 0.1) is 0 Å². The zero-order valence-electron chi connectivity index (χ0n) is 24.9. The number of carbonyl (C=O) groups excluding carboxylic acids is 1. The van der Waals surface area contributed by atoms with Crippen LogP contribution in [0.1, 0.15) is 128 Å². The van der Waals surface area contributed by atoms with E-state index in [2.05, 4.69) is 11.8 Å². The van der Waals surface area contributed by atoms with Crippen molar-refractivity contribution < 1.29 is 19.0 Å². The summed E-state index contributed by atoms with van der Waals surface area (Å²) in [6.07, 6.45) is 20.7. The van der Waals surface area contributed by atoms with Crippen molar-refractivity contribution in [2.75, 3.05) is 41.0 Å². The van der Waals surface area contributed by atoms with Crippen LogP contribution >= 0.6 is 12.4 Å². The van der Waals surface area contributed by atoms with Gasteiger partial charge in [0.15, 0.2) is 0 Å². The molecule has 1 aliphatic rings. The summed E-state index contributed by atoms with van der Waals surface area (Å²) in [4.78, 5) is 16.1. The van der Waals surface area contributed by atoms with E-state index in [1.54, 1.807) is 21.3 Å². The molecule has 0 aromatic heterocycles. The molecule has 0 N–H and O–H groups in total. The van der Waals surface area contributed by atoms with Gasteiger partial charge < -0.3 is 19.1 Å². The zero-order chi connectivity index (χ0) is 26.7. The second-order valence-corrected chi connectivity index (χ2v) is 10.8. The fourth-order valence-electron chi connectivity index (χ4n) is 5.69. The van der Waals surface area contributed by atoms with Gasteiger partial charge >= 0.3 is 0 Å². The van der Waals surface area contributed by atoms with Crippen molar-refractivity contribution in [3.8, 4) is 17.2 Å². The van der Waals surface area contributed by atoms with E-state index in [0.717, 1.165) is 31.4 Å². The molecule has 0 saturated carbocycles. The number of Topliss-reactive ketones (excluding diaryl/α,β-unsaturated/α-hetero) is 1. The molecule has 0 amide bonds. The van der Waals surface area contributed by atoms with Crippen molar-refractivity contribution >= 4 is 18.2 Å². The van der Waals surface area contributed by atoms with Gasteiger partial charge in [-0.15, -0.1) is 12.4 Å². The van der Waals surface area contributed by atoms with E-state index in [4.69, 9.17) is 14.2 Å². The highest BCUT2D eigenvalue weighted by molar-refractivity contribution is 5.87.